The Labute approximate surface area is 99.8 Å². The molecule has 2 aliphatic rings. The highest BCUT2D eigenvalue weighted by atomic mass is 16.3. The second-order valence-electron chi connectivity index (χ2n) is 6.21. The van der Waals surface area contributed by atoms with Crippen molar-refractivity contribution in [3.05, 3.63) is 0 Å². The van der Waals surface area contributed by atoms with Gasteiger partial charge in [-0.05, 0) is 31.1 Å². The third kappa shape index (κ3) is 3.21. The molecule has 0 heterocycles. The molecular weight excluding hydrogens is 198 g/mol. The van der Waals surface area contributed by atoms with Crippen LogP contribution in [0.2, 0.25) is 0 Å². The fourth-order valence-electron chi connectivity index (χ4n) is 3.31. The first-order valence-electron chi connectivity index (χ1n) is 7.11. The number of rotatable bonds is 3. The summed E-state index contributed by atoms with van der Waals surface area (Å²) in [6.07, 6.45) is 11.5. The van der Waals surface area contributed by atoms with Gasteiger partial charge in [-0.25, -0.2) is 0 Å². The molecule has 2 saturated carbocycles. The normalized spacial score (nSPS) is 34.9. The maximum atomic E-state index is 9.92. The molecule has 2 fully saturated rings. The molecule has 94 valence electrons. The van der Waals surface area contributed by atoms with Crippen LogP contribution in [0.5, 0.6) is 0 Å². The first-order chi connectivity index (χ1) is 7.70. The van der Waals surface area contributed by atoms with Crippen LogP contribution < -0.4 is 5.32 Å². The standard InChI is InChI=1S/C14H27NO/c1-14(9-5-2-6-10-14)11-15-12-7-3-4-8-13(12)16/h12-13,15-16H,2-11H2,1H3/t12-,13-/m1/s1. The zero-order chi connectivity index (χ0) is 11.4. The van der Waals surface area contributed by atoms with E-state index >= 15 is 0 Å². The Balaban J connectivity index is 1.76. The molecule has 2 atom stereocenters. The van der Waals surface area contributed by atoms with E-state index < -0.39 is 0 Å². The van der Waals surface area contributed by atoms with Gasteiger partial charge in [0.15, 0.2) is 0 Å². The summed E-state index contributed by atoms with van der Waals surface area (Å²) in [7, 11) is 0. The summed E-state index contributed by atoms with van der Waals surface area (Å²) in [6.45, 7) is 3.52. The molecule has 2 aliphatic carbocycles. The molecule has 0 amide bonds. The molecule has 16 heavy (non-hydrogen) atoms. The van der Waals surface area contributed by atoms with Gasteiger partial charge in [-0.3, -0.25) is 0 Å². The van der Waals surface area contributed by atoms with Crippen molar-refractivity contribution in [3.63, 3.8) is 0 Å². The summed E-state index contributed by atoms with van der Waals surface area (Å²) in [4.78, 5) is 0. The SMILES string of the molecule is CC1(CN[C@@H]2CCCC[C@H]2O)CCCCC1. The van der Waals surface area contributed by atoms with Crippen molar-refractivity contribution in [2.45, 2.75) is 76.9 Å². The van der Waals surface area contributed by atoms with E-state index in [4.69, 9.17) is 0 Å². The van der Waals surface area contributed by atoms with Crippen molar-refractivity contribution in [2.24, 2.45) is 5.41 Å². The highest BCUT2D eigenvalue weighted by molar-refractivity contribution is 4.86. The predicted octanol–water partition coefficient (Wildman–Crippen LogP) is 2.85. The molecule has 2 rings (SSSR count). The van der Waals surface area contributed by atoms with Crippen LogP contribution in [0.4, 0.5) is 0 Å². The van der Waals surface area contributed by atoms with Crippen LogP contribution in [0, 0.1) is 5.41 Å². The van der Waals surface area contributed by atoms with E-state index in [1.165, 1.54) is 44.9 Å². The van der Waals surface area contributed by atoms with Gasteiger partial charge in [0.1, 0.15) is 0 Å². The molecular formula is C14H27NO. The van der Waals surface area contributed by atoms with E-state index in [-0.39, 0.29) is 6.10 Å². The zero-order valence-corrected chi connectivity index (χ0v) is 10.7. The lowest BCUT2D eigenvalue weighted by Crippen LogP contribution is -2.46. The average Bonchev–Trinajstić information content (AvgIpc) is 2.29. The highest BCUT2D eigenvalue weighted by Gasteiger charge is 2.29. The van der Waals surface area contributed by atoms with Gasteiger partial charge >= 0.3 is 0 Å². The molecule has 2 heteroatoms. The average molecular weight is 225 g/mol. The van der Waals surface area contributed by atoms with Crippen molar-refractivity contribution in [1.82, 2.24) is 5.32 Å². The number of hydrogen-bond acceptors (Lipinski definition) is 2. The Kier molecular flexibility index (Phi) is 4.26. The summed E-state index contributed by atoms with van der Waals surface area (Å²) in [5, 5.41) is 13.6. The number of hydrogen-bond donors (Lipinski definition) is 2. The minimum atomic E-state index is -0.0964. The number of aliphatic hydroxyl groups is 1. The topological polar surface area (TPSA) is 32.3 Å². The Morgan fingerprint density at radius 3 is 2.44 bits per heavy atom. The van der Waals surface area contributed by atoms with E-state index in [2.05, 4.69) is 12.2 Å². The minimum Gasteiger partial charge on any atom is -0.392 e. The van der Waals surface area contributed by atoms with Gasteiger partial charge in [-0.15, -0.1) is 0 Å². The molecule has 2 N–H and O–H groups in total. The van der Waals surface area contributed by atoms with E-state index in [1.807, 2.05) is 0 Å². The Hall–Kier alpha value is -0.0800. The fourth-order valence-corrected chi connectivity index (χ4v) is 3.31. The maximum Gasteiger partial charge on any atom is 0.0693 e. The first kappa shape index (κ1) is 12.4. The third-order valence-electron chi connectivity index (χ3n) is 4.58. The van der Waals surface area contributed by atoms with Crippen molar-refractivity contribution < 1.29 is 5.11 Å². The monoisotopic (exact) mass is 225 g/mol. The summed E-state index contributed by atoms with van der Waals surface area (Å²) in [5.41, 5.74) is 0.495. The Bertz CT molecular complexity index is 211. The zero-order valence-electron chi connectivity index (χ0n) is 10.7. The first-order valence-corrected chi connectivity index (χ1v) is 7.11. The Morgan fingerprint density at radius 1 is 1.06 bits per heavy atom. The van der Waals surface area contributed by atoms with Gasteiger partial charge < -0.3 is 10.4 Å². The van der Waals surface area contributed by atoms with Gasteiger partial charge in [-0.2, -0.15) is 0 Å². The highest BCUT2D eigenvalue weighted by Crippen LogP contribution is 2.35. The van der Waals surface area contributed by atoms with Crippen LogP contribution in [0.1, 0.15) is 64.7 Å². The van der Waals surface area contributed by atoms with Gasteiger partial charge in [0, 0.05) is 12.6 Å². The van der Waals surface area contributed by atoms with E-state index in [9.17, 15) is 5.11 Å². The number of nitrogens with one attached hydrogen (secondary N) is 1. The second kappa shape index (κ2) is 5.50. The lowest BCUT2D eigenvalue weighted by Gasteiger charge is -2.37. The van der Waals surface area contributed by atoms with Crippen molar-refractivity contribution >= 4 is 0 Å². The minimum absolute atomic E-state index is 0.0964. The van der Waals surface area contributed by atoms with Crippen LogP contribution in [-0.4, -0.2) is 23.8 Å². The second-order valence-corrected chi connectivity index (χ2v) is 6.21. The molecule has 2 nitrogen and oxygen atoms in total. The van der Waals surface area contributed by atoms with Gasteiger partial charge in [0.05, 0.1) is 6.10 Å². The smallest absolute Gasteiger partial charge is 0.0693 e. The predicted molar refractivity (Wildman–Crippen MR) is 67.5 cm³/mol. The molecule has 0 aromatic heterocycles. The molecule has 0 saturated heterocycles. The lowest BCUT2D eigenvalue weighted by atomic mass is 9.75. The molecule has 0 aromatic carbocycles. The van der Waals surface area contributed by atoms with Gasteiger partial charge in [0.25, 0.3) is 0 Å². The fraction of sp³-hybridized carbons (Fsp3) is 1.00. The number of aliphatic hydroxyl groups excluding tert-OH is 1. The molecule has 0 spiro atoms. The molecule has 0 bridgehead atoms. The molecule has 0 aliphatic heterocycles. The molecule has 0 unspecified atom stereocenters. The van der Waals surface area contributed by atoms with Crippen LogP contribution in [0.25, 0.3) is 0 Å². The molecule has 0 aromatic rings. The third-order valence-corrected chi connectivity index (χ3v) is 4.58. The largest absolute Gasteiger partial charge is 0.392 e. The lowest BCUT2D eigenvalue weighted by molar-refractivity contribution is 0.0799. The van der Waals surface area contributed by atoms with Crippen LogP contribution in [0.3, 0.4) is 0 Å². The van der Waals surface area contributed by atoms with E-state index in [1.54, 1.807) is 0 Å². The van der Waals surface area contributed by atoms with Crippen LogP contribution in [0.15, 0.2) is 0 Å². The van der Waals surface area contributed by atoms with Crippen LogP contribution in [-0.2, 0) is 0 Å². The molecule has 0 radical (unpaired) electrons. The summed E-state index contributed by atoms with van der Waals surface area (Å²) >= 11 is 0. The van der Waals surface area contributed by atoms with E-state index in [0.29, 0.717) is 11.5 Å². The summed E-state index contributed by atoms with van der Waals surface area (Å²) in [5.74, 6) is 0. The van der Waals surface area contributed by atoms with E-state index in [0.717, 1.165) is 19.4 Å². The van der Waals surface area contributed by atoms with Crippen molar-refractivity contribution in [1.29, 1.82) is 0 Å². The van der Waals surface area contributed by atoms with Crippen LogP contribution >= 0.6 is 0 Å². The van der Waals surface area contributed by atoms with Crippen molar-refractivity contribution in [3.8, 4) is 0 Å². The van der Waals surface area contributed by atoms with Gasteiger partial charge in [-0.1, -0.05) is 39.0 Å². The van der Waals surface area contributed by atoms with Crippen molar-refractivity contribution in [2.75, 3.05) is 6.54 Å². The summed E-state index contributed by atoms with van der Waals surface area (Å²) in [6, 6.07) is 0.368. The summed E-state index contributed by atoms with van der Waals surface area (Å²) < 4.78 is 0. The Morgan fingerprint density at radius 2 is 1.75 bits per heavy atom. The van der Waals surface area contributed by atoms with Gasteiger partial charge in [0.2, 0.25) is 0 Å². The quantitative estimate of drug-likeness (QED) is 0.774. The maximum absolute atomic E-state index is 9.92.